The fraction of sp³-hybridized carbons (Fsp3) is 0.833. The van der Waals surface area contributed by atoms with Crippen molar-refractivity contribution in [2.75, 3.05) is 18.5 Å². The first-order valence-electron chi connectivity index (χ1n) is 6.13. The predicted octanol–water partition coefficient (Wildman–Crippen LogP) is 2.87. The van der Waals surface area contributed by atoms with Crippen LogP contribution in [0.15, 0.2) is 0 Å². The van der Waals surface area contributed by atoms with E-state index in [4.69, 9.17) is 5.11 Å². The van der Waals surface area contributed by atoms with Crippen molar-refractivity contribution >= 4 is 16.7 Å². The zero-order chi connectivity index (χ0) is 12.9. The van der Waals surface area contributed by atoms with Gasteiger partial charge in [-0.15, -0.1) is 0 Å². The molecule has 0 aromatic carbocycles. The van der Waals surface area contributed by atoms with Crippen LogP contribution in [0.3, 0.4) is 0 Å². The maximum absolute atomic E-state index is 8.84. The van der Waals surface area contributed by atoms with Gasteiger partial charge in [-0.3, -0.25) is 0 Å². The van der Waals surface area contributed by atoms with Crippen LogP contribution in [-0.4, -0.2) is 27.6 Å². The van der Waals surface area contributed by atoms with Gasteiger partial charge in [0, 0.05) is 30.6 Å². The summed E-state index contributed by atoms with van der Waals surface area (Å²) < 4.78 is 4.31. The molecule has 0 radical (unpaired) electrons. The van der Waals surface area contributed by atoms with Gasteiger partial charge in [0.05, 0.1) is 0 Å². The second-order valence-electron chi connectivity index (χ2n) is 5.46. The molecule has 0 unspecified atom stereocenters. The Morgan fingerprint density at radius 1 is 1.41 bits per heavy atom. The van der Waals surface area contributed by atoms with Crippen molar-refractivity contribution in [1.82, 2.24) is 9.36 Å². The monoisotopic (exact) mass is 257 g/mol. The Bertz CT molecular complexity index is 336. The molecule has 4 nitrogen and oxygen atoms in total. The number of hydrogen-bond donors (Lipinski definition) is 2. The standard InChI is InChI=1S/C12H23N3OS/c1-9(2)10-14-11(17-15-10)13-8-12(3,4)6-5-7-16/h9,16H,5-8H2,1-4H3,(H,13,14,15). The smallest absolute Gasteiger partial charge is 0.202 e. The molecule has 1 aromatic heterocycles. The van der Waals surface area contributed by atoms with E-state index in [0.717, 1.165) is 30.3 Å². The van der Waals surface area contributed by atoms with Crippen LogP contribution in [0.5, 0.6) is 0 Å². The summed E-state index contributed by atoms with van der Waals surface area (Å²) in [5.74, 6) is 1.29. The lowest BCUT2D eigenvalue weighted by Crippen LogP contribution is -2.23. The van der Waals surface area contributed by atoms with E-state index in [0.29, 0.717) is 5.92 Å². The Morgan fingerprint density at radius 2 is 2.12 bits per heavy atom. The number of anilines is 1. The SMILES string of the molecule is CC(C)c1nsc(NCC(C)(C)CCCO)n1. The molecule has 17 heavy (non-hydrogen) atoms. The van der Waals surface area contributed by atoms with Gasteiger partial charge in [0.2, 0.25) is 5.13 Å². The van der Waals surface area contributed by atoms with E-state index in [-0.39, 0.29) is 12.0 Å². The number of aromatic nitrogens is 2. The maximum Gasteiger partial charge on any atom is 0.202 e. The van der Waals surface area contributed by atoms with Gasteiger partial charge in [0.15, 0.2) is 0 Å². The highest BCUT2D eigenvalue weighted by Gasteiger charge is 2.18. The third kappa shape index (κ3) is 5.00. The number of nitrogens with one attached hydrogen (secondary N) is 1. The summed E-state index contributed by atoms with van der Waals surface area (Å²) in [6, 6.07) is 0. The lowest BCUT2D eigenvalue weighted by atomic mass is 9.88. The molecule has 0 spiro atoms. The number of rotatable bonds is 7. The van der Waals surface area contributed by atoms with Crippen LogP contribution in [0.4, 0.5) is 5.13 Å². The average Bonchev–Trinajstić information content (AvgIpc) is 2.73. The van der Waals surface area contributed by atoms with Crippen molar-refractivity contribution in [3.05, 3.63) is 5.82 Å². The van der Waals surface area contributed by atoms with Crippen LogP contribution < -0.4 is 5.32 Å². The summed E-state index contributed by atoms with van der Waals surface area (Å²) in [6.07, 6.45) is 1.86. The van der Waals surface area contributed by atoms with Crippen molar-refractivity contribution in [2.45, 2.75) is 46.5 Å². The minimum Gasteiger partial charge on any atom is -0.396 e. The van der Waals surface area contributed by atoms with Crippen molar-refractivity contribution in [2.24, 2.45) is 5.41 Å². The van der Waals surface area contributed by atoms with Gasteiger partial charge in [-0.2, -0.15) is 4.37 Å². The highest BCUT2D eigenvalue weighted by molar-refractivity contribution is 7.09. The van der Waals surface area contributed by atoms with Crippen molar-refractivity contribution < 1.29 is 5.11 Å². The Morgan fingerprint density at radius 3 is 2.65 bits per heavy atom. The van der Waals surface area contributed by atoms with E-state index >= 15 is 0 Å². The zero-order valence-electron chi connectivity index (χ0n) is 11.2. The Hall–Kier alpha value is -0.680. The molecule has 0 bridgehead atoms. The van der Waals surface area contributed by atoms with E-state index in [2.05, 4.69) is 42.4 Å². The first-order valence-corrected chi connectivity index (χ1v) is 6.90. The summed E-state index contributed by atoms with van der Waals surface area (Å²) in [5, 5.41) is 13.1. The highest BCUT2D eigenvalue weighted by Crippen LogP contribution is 2.24. The van der Waals surface area contributed by atoms with Gasteiger partial charge in [-0.1, -0.05) is 27.7 Å². The summed E-state index contributed by atoms with van der Waals surface area (Å²) >= 11 is 1.42. The van der Waals surface area contributed by atoms with E-state index in [9.17, 15) is 0 Å². The lowest BCUT2D eigenvalue weighted by molar-refractivity contribution is 0.248. The van der Waals surface area contributed by atoms with Crippen LogP contribution in [0.25, 0.3) is 0 Å². The van der Waals surface area contributed by atoms with Gasteiger partial charge in [0.1, 0.15) is 5.82 Å². The fourth-order valence-electron chi connectivity index (χ4n) is 1.50. The van der Waals surface area contributed by atoms with Gasteiger partial charge in [-0.05, 0) is 18.3 Å². The number of nitrogens with zero attached hydrogens (tertiary/aromatic N) is 2. The van der Waals surface area contributed by atoms with E-state index < -0.39 is 0 Å². The average molecular weight is 257 g/mol. The number of aliphatic hydroxyl groups is 1. The molecular weight excluding hydrogens is 234 g/mol. The Labute approximate surface area is 108 Å². The number of hydrogen-bond acceptors (Lipinski definition) is 5. The largest absolute Gasteiger partial charge is 0.396 e. The predicted molar refractivity (Wildman–Crippen MR) is 72.6 cm³/mol. The highest BCUT2D eigenvalue weighted by atomic mass is 32.1. The molecular formula is C12H23N3OS. The van der Waals surface area contributed by atoms with Gasteiger partial charge < -0.3 is 10.4 Å². The van der Waals surface area contributed by atoms with Crippen LogP contribution in [0.1, 0.15) is 52.3 Å². The molecule has 1 rings (SSSR count). The third-order valence-corrected chi connectivity index (χ3v) is 3.37. The molecule has 0 saturated heterocycles. The van der Waals surface area contributed by atoms with E-state index in [1.165, 1.54) is 11.5 Å². The molecule has 0 aliphatic rings. The minimum atomic E-state index is 0.173. The van der Waals surface area contributed by atoms with E-state index in [1.807, 2.05) is 0 Å². The van der Waals surface area contributed by atoms with E-state index in [1.54, 1.807) is 0 Å². The van der Waals surface area contributed by atoms with Gasteiger partial charge in [-0.25, -0.2) is 4.98 Å². The molecule has 1 aromatic rings. The van der Waals surface area contributed by atoms with Crippen molar-refractivity contribution in [3.63, 3.8) is 0 Å². The minimum absolute atomic E-state index is 0.173. The summed E-state index contributed by atoms with van der Waals surface area (Å²) in [6.45, 7) is 9.70. The van der Waals surface area contributed by atoms with Crippen LogP contribution in [-0.2, 0) is 0 Å². The summed E-state index contributed by atoms with van der Waals surface area (Å²) in [7, 11) is 0. The van der Waals surface area contributed by atoms with Crippen LogP contribution in [0.2, 0.25) is 0 Å². The third-order valence-electron chi connectivity index (χ3n) is 2.69. The first kappa shape index (κ1) is 14.4. The van der Waals surface area contributed by atoms with Crippen molar-refractivity contribution in [1.29, 1.82) is 0 Å². The molecule has 5 heteroatoms. The molecule has 0 amide bonds. The second-order valence-corrected chi connectivity index (χ2v) is 6.21. The Kier molecular flexibility index (Phi) is 5.33. The van der Waals surface area contributed by atoms with Gasteiger partial charge >= 0.3 is 0 Å². The molecule has 0 saturated carbocycles. The topological polar surface area (TPSA) is 58.0 Å². The molecule has 1 heterocycles. The normalized spacial score (nSPS) is 12.1. The maximum atomic E-state index is 8.84. The molecule has 0 aliphatic heterocycles. The molecule has 0 fully saturated rings. The number of aliphatic hydroxyl groups excluding tert-OH is 1. The molecule has 0 atom stereocenters. The molecule has 98 valence electrons. The summed E-state index contributed by atoms with van der Waals surface area (Å²) in [5.41, 5.74) is 0.173. The zero-order valence-corrected chi connectivity index (χ0v) is 12.0. The van der Waals surface area contributed by atoms with Crippen molar-refractivity contribution in [3.8, 4) is 0 Å². The molecule has 2 N–H and O–H groups in total. The van der Waals surface area contributed by atoms with Crippen LogP contribution in [0, 0.1) is 5.41 Å². The first-order chi connectivity index (χ1) is 7.94. The van der Waals surface area contributed by atoms with Gasteiger partial charge in [0.25, 0.3) is 0 Å². The molecule has 0 aliphatic carbocycles. The second kappa shape index (κ2) is 6.31. The fourth-order valence-corrected chi connectivity index (χ4v) is 2.20. The summed E-state index contributed by atoms with van der Waals surface area (Å²) in [4.78, 5) is 4.44. The quantitative estimate of drug-likeness (QED) is 0.788. The lowest BCUT2D eigenvalue weighted by Gasteiger charge is -2.24. The Balaban J connectivity index is 2.43. The van der Waals surface area contributed by atoms with Crippen LogP contribution >= 0.6 is 11.5 Å².